The summed E-state index contributed by atoms with van der Waals surface area (Å²) in [6.07, 6.45) is -2.18. The molecular weight excluding hydrogens is 612 g/mol. The van der Waals surface area contributed by atoms with Crippen LogP contribution in [0.25, 0.3) is 0 Å². The average Bonchev–Trinajstić information content (AvgIpc) is 3.62. The Kier molecular flexibility index (Phi) is 9.84. The number of rotatable bonds is 4. The molecule has 5 rings (SSSR count). The maximum absolute atomic E-state index is 14.4. The molecule has 4 aliphatic rings. The highest BCUT2D eigenvalue weighted by molar-refractivity contribution is 5.72. The van der Waals surface area contributed by atoms with Crippen molar-refractivity contribution in [3.8, 4) is 0 Å². The number of likely N-dealkylation sites (tertiary alicyclic amines) is 1. The number of alkyl carbamates (subject to hydrolysis) is 2. The molecule has 2 saturated heterocycles. The van der Waals surface area contributed by atoms with Gasteiger partial charge < -0.3 is 35.1 Å². The van der Waals surface area contributed by atoms with E-state index in [2.05, 4.69) is 16.0 Å². The Bertz CT molecular complexity index is 1270. The van der Waals surface area contributed by atoms with Gasteiger partial charge in [-0.05, 0) is 59.9 Å². The second-order valence-corrected chi connectivity index (χ2v) is 14.7. The molecule has 1 aromatic carbocycles. The summed E-state index contributed by atoms with van der Waals surface area (Å²) in [6, 6.07) is 9.12. The third-order valence-electron chi connectivity index (χ3n) is 8.79. The van der Waals surface area contributed by atoms with Crippen LogP contribution in [0.5, 0.6) is 0 Å². The average molecular weight is 659 g/mol. The van der Waals surface area contributed by atoms with Crippen LogP contribution < -0.4 is 16.0 Å². The third kappa shape index (κ3) is 8.34. The first-order valence-electron chi connectivity index (χ1n) is 15.6. The van der Waals surface area contributed by atoms with Crippen LogP contribution in [-0.4, -0.2) is 83.5 Å². The number of alkyl halides is 4. The lowest BCUT2D eigenvalue weighted by Gasteiger charge is -2.32. The fraction of sp³-hybridized carbons (Fsp3) is 0.719. The number of halogens is 4. The van der Waals surface area contributed by atoms with Crippen molar-refractivity contribution in [3.05, 3.63) is 35.9 Å². The summed E-state index contributed by atoms with van der Waals surface area (Å²) in [6.45, 7) is 10.8. The smallest absolute Gasteiger partial charge is 0.410 e. The minimum Gasteiger partial charge on any atom is -0.445 e. The van der Waals surface area contributed by atoms with Gasteiger partial charge >= 0.3 is 18.3 Å². The van der Waals surface area contributed by atoms with Gasteiger partial charge in [0.15, 0.2) is 0 Å². The summed E-state index contributed by atoms with van der Waals surface area (Å²) in [5.41, 5.74) is -2.63. The largest absolute Gasteiger partial charge is 0.445 e. The van der Waals surface area contributed by atoms with Crippen LogP contribution in [0.4, 0.5) is 31.9 Å². The third-order valence-corrected chi connectivity index (χ3v) is 8.79. The Morgan fingerprint density at radius 3 is 1.91 bits per heavy atom. The van der Waals surface area contributed by atoms with Crippen LogP contribution in [0.2, 0.25) is 0 Å². The molecule has 2 aliphatic carbocycles. The van der Waals surface area contributed by atoms with Crippen LogP contribution in [0.3, 0.4) is 0 Å². The molecule has 0 spiro atoms. The Balaban J connectivity index is 0.000000230. The molecule has 1 aromatic rings. The lowest BCUT2D eigenvalue weighted by Crippen LogP contribution is -2.55. The van der Waals surface area contributed by atoms with E-state index in [1.807, 2.05) is 30.3 Å². The second kappa shape index (κ2) is 12.7. The highest BCUT2D eigenvalue weighted by Gasteiger charge is 2.65. The summed E-state index contributed by atoms with van der Waals surface area (Å²) in [5, 5.41) is 8.24. The molecule has 10 nitrogen and oxygen atoms in total. The van der Waals surface area contributed by atoms with Crippen LogP contribution >= 0.6 is 0 Å². The number of benzene rings is 1. The molecule has 46 heavy (non-hydrogen) atoms. The van der Waals surface area contributed by atoms with Gasteiger partial charge in [-0.15, -0.1) is 0 Å². The number of hydrogen-bond acceptors (Lipinski definition) is 7. The predicted molar refractivity (Wildman–Crippen MR) is 161 cm³/mol. The van der Waals surface area contributed by atoms with E-state index >= 15 is 0 Å². The Hall–Kier alpha value is -3.29. The molecule has 0 aromatic heterocycles. The van der Waals surface area contributed by atoms with Gasteiger partial charge in [0.1, 0.15) is 17.8 Å². The van der Waals surface area contributed by atoms with Crippen molar-refractivity contribution in [2.24, 2.45) is 11.8 Å². The van der Waals surface area contributed by atoms with E-state index in [1.54, 1.807) is 41.5 Å². The normalized spacial score (nSPS) is 29.1. The van der Waals surface area contributed by atoms with Crippen molar-refractivity contribution in [1.29, 1.82) is 0 Å². The summed E-state index contributed by atoms with van der Waals surface area (Å²) >= 11 is 0. The van der Waals surface area contributed by atoms with Gasteiger partial charge in [-0.3, -0.25) is 0 Å². The topological polar surface area (TPSA) is 118 Å². The fourth-order valence-corrected chi connectivity index (χ4v) is 6.75. The fourth-order valence-electron chi connectivity index (χ4n) is 6.75. The minimum absolute atomic E-state index is 0.0277. The summed E-state index contributed by atoms with van der Waals surface area (Å²) in [7, 11) is 0. The van der Waals surface area contributed by atoms with Gasteiger partial charge in [-0.25, -0.2) is 31.9 Å². The summed E-state index contributed by atoms with van der Waals surface area (Å²) < 4.78 is 72.0. The number of carbonyl (C=O) groups is 3. The quantitative estimate of drug-likeness (QED) is 0.275. The predicted octanol–water partition coefficient (Wildman–Crippen LogP) is 5.85. The maximum Gasteiger partial charge on any atom is 0.410 e. The molecule has 0 unspecified atom stereocenters. The van der Waals surface area contributed by atoms with Crippen molar-refractivity contribution >= 4 is 18.3 Å². The van der Waals surface area contributed by atoms with Gasteiger partial charge in [0.05, 0.1) is 22.9 Å². The van der Waals surface area contributed by atoms with Gasteiger partial charge in [0, 0.05) is 39.0 Å². The zero-order chi connectivity index (χ0) is 34.2. The van der Waals surface area contributed by atoms with E-state index in [0.29, 0.717) is 6.54 Å². The van der Waals surface area contributed by atoms with Gasteiger partial charge in [0.2, 0.25) is 0 Å². The maximum atomic E-state index is 14.4. The Morgan fingerprint density at radius 2 is 1.35 bits per heavy atom. The molecule has 0 bridgehead atoms. The van der Waals surface area contributed by atoms with Gasteiger partial charge in [-0.2, -0.15) is 0 Å². The van der Waals surface area contributed by atoms with Crippen molar-refractivity contribution in [1.82, 2.24) is 20.9 Å². The van der Waals surface area contributed by atoms with E-state index in [4.69, 9.17) is 14.2 Å². The van der Waals surface area contributed by atoms with E-state index in [1.165, 1.54) is 4.90 Å². The van der Waals surface area contributed by atoms with Crippen LogP contribution in [0.1, 0.15) is 72.8 Å². The molecule has 3 amide bonds. The van der Waals surface area contributed by atoms with E-state index < -0.39 is 64.2 Å². The minimum atomic E-state index is -2.97. The van der Waals surface area contributed by atoms with Crippen molar-refractivity contribution in [3.63, 3.8) is 0 Å². The monoisotopic (exact) mass is 658 g/mol. The number of nitrogens with one attached hydrogen (secondary N) is 3. The van der Waals surface area contributed by atoms with Crippen molar-refractivity contribution in [2.75, 3.05) is 26.2 Å². The Morgan fingerprint density at radius 1 is 0.826 bits per heavy atom. The van der Waals surface area contributed by atoms with Crippen LogP contribution in [0.15, 0.2) is 30.3 Å². The number of amides is 3. The molecule has 3 N–H and O–H groups in total. The zero-order valence-electron chi connectivity index (χ0n) is 27.3. The Labute approximate surface area is 267 Å². The number of hydrogen-bond donors (Lipinski definition) is 3. The van der Waals surface area contributed by atoms with Crippen molar-refractivity contribution < 1.29 is 46.2 Å². The van der Waals surface area contributed by atoms with Crippen molar-refractivity contribution in [2.45, 2.75) is 108 Å². The highest BCUT2D eigenvalue weighted by Crippen LogP contribution is 2.51. The number of carbonyl (C=O) groups excluding carboxylic acids is 3. The molecule has 0 radical (unpaired) electrons. The molecule has 2 saturated carbocycles. The van der Waals surface area contributed by atoms with Crippen LogP contribution in [-0.2, 0) is 20.8 Å². The van der Waals surface area contributed by atoms with Crippen LogP contribution in [0, 0.1) is 11.8 Å². The molecule has 2 aliphatic heterocycles. The molecular formula is C32H46F4N4O6. The summed E-state index contributed by atoms with van der Waals surface area (Å²) in [5.74, 6) is -7.68. The molecule has 4 fully saturated rings. The SMILES string of the molecule is CC(C)(C)OC(=O)N[C@@]12CCC(F)(F)[C@@H]1CN(C(=O)OCc1ccccc1)C2.CC(C)(C)OC(=O)N[C@@]12CCC(F)(F)[C@@H]1CNC2. The van der Waals surface area contributed by atoms with E-state index in [9.17, 15) is 31.9 Å². The first-order chi connectivity index (χ1) is 21.2. The first kappa shape index (κ1) is 35.6. The van der Waals surface area contributed by atoms with Gasteiger partial charge in [-0.1, -0.05) is 30.3 Å². The number of ether oxygens (including phenoxy) is 3. The number of fused-ring (bicyclic) bond motifs is 2. The van der Waals surface area contributed by atoms with E-state index in [-0.39, 0.29) is 51.9 Å². The summed E-state index contributed by atoms with van der Waals surface area (Å²) in [4.78, 5) is 37.7. The molecule has 4 atom stereocenters. The van der Waals surface area contributed by atoms with Gasteiger partial charge in [0.25, 0.3) is 11.8 Å². The number of nitrogens with zero attached hydrogens (tertiary/aromatic N) is 1. The first-order valence-corrected chi connectivity index (χ1v) is 15.6. The standard InChI is InChI=1S/C20H26F2N2O4.C12H20F2N2O2/c1-18(2,3)28-16(25)23-19-9-10-20(21,22)15(19)11-24(13-19)17(26)27-12-14-7-5-4-6-8-14;1-10(2,3)18-9(17)16-11-4-5-12(13,14)8(11)6-15-7-11/h4-8,15H,9-13H2,1-3H3,(H,23,25);8,15H,4-7H2,1-3H3,(H,16,17)/t15-,19-;8-,11-/m11/s1. The zero-order valence-corrected chi connectivity index (χ0v) is 27.3. The lowest BCUT2D eigenvalue weighted by atomic mass is 9.89. The lowest BCUT2D eigenvalue weighted by molar-refractivity contribution is -0.0449. The molecule has 2 heterocycles. The second-order valence-electron chi connectivity index (χ2n) is 14.7. The van der Waals surface area contributed by atoms with E-state index in [0.717, 1.165) is 5.56 Å². The molecule has 258 valence electrons. The molecule has 14 heteroatoms. The highest BCUT2D eigenvalue weighted by atomic mass is 19.3.